The van der Waals surface area contributed by atoms with E-state index in [0.29, 0.717) is 22.5 Å². The highest BCUT2D eigenvalue weighted by Gasteiger charge is 2.21. The molecule has 3 N–H and O–H groups in total. The van der Waals surface area contributed by atoms with Crippen LogP contribution in [0.15, 0.2) is 39.9 Å². The minimum absolute atomic E-state index is 0.0642. The molecule has 0 amide bonds. The molecule has 154 valence electrons. The second-order valence-corrected chi connectivity index (χ2v) is 9.23. The summed E-state index contributed by atoms with van der Waals surface area (Å²) in [5, 5.41) is 3.77. The standard InChI is InChI=1S/C19H23N5O4S/c1-11-6-7-14(29(25,26)24-28-19(3,4)5)9-15(11)13-8-16(17(20)21-10-13)18-22-12(2)23-27-18/h6-10,24H,1-5H3,(H2,20,21). The van der Waals surface area contributed by atoms with Crippen LogP contribution < -0.4 is 10.6 Å². The lowest BCUT2D eigenvalue weighted by Gasteiger charge is -2.19. The monoisotopic (exact) mass is 417 g/mol. The SMILES string of the molecule is Cc1noc(-c2cc(-c3cc(S(=O)(=O)NOC(C)(C)C)ccc3C)cnc2N)n1. The van der Waals surface area contributed by atoms with Crippen LogP contribution in [0.2, 0.25) is 0 Å². The highest BCUT2D eigenvalue weighted by Crippen LogP contribution is 2.31. The van der Waals surface area contributed by atoms with E-state index in [-0.39, 0.29) is 16.6 Å². The van der Waals surface area contributed by atoms with Gasteiger partial charge in [-0.05, 0) is 63.9 Å². The van der Waals surface area contributed by atoms with Crippen LogP contribution in [-0.4, -0.2) is 29.1 Å². The third-order valence-corrected chi connectivity index (χ3v) is 5.14. The minimum atomic E-state index is -3.87. The Morgan fingerprint density at radius 1 is 1.14 bits per heavy atom. The van der Waals surface area contributed by atoms with Gasteiger partial charge in [-0.25, -0.2) is 13.4 Å². The van der Waals surface area contributed by atoms with Crippen molar-refractivity contribution in [1.82, 2.24) is 20.0 Å². The maximum Gasteiger partial charge on any atom is 0.262 e. The van der Waals surface area contributed by atoms with Crippen LogP contribution in [0.1, 0.15) is 32.2 Å². The molecule has 2 heterocycles. The Morgan fingerprint density at radius 3 is 2.48 bits per heavy atom. The van der Waals surface area contributed by atoms with Gasteiger partial charge < -0.3 is 10.3 Å². The molecular formula is C19H23N5O4S. The van der Waals surface area contributed by atoms with Gasteiger partial charge in [0, 0.05) is 11.8 Å². The van der Waals surface area contributed by atoms with Crippen molar-refractivity contribution in [2.24, 2.45) is 0 Å². The third-order valence-electron chi connectivity index (χ3n) is 3.96. The summed E-state index contributed by atoms with van der Waals surface area (Å²) in [5.41, 5.74) is 7.97. The number of pyridine rings is 1. The number of hydrogen-bond acceptors (Lipinski definition) is 8. The molecule has 0 saturated heterocycles. The summed E-state index contributed by atoms with van der Waals surface area (Å²) in [5.74, 6) is 0.953. The highest BCUT2D eigenvalue weighted by molar-refractivity contribution is 7.89. The Labute approximate surface area is 169 Å². The predicted octanol–water partition coefficient (Wildman–Crippen LogP) is 3.01. The third kappa shape index (κ3) is 4.78. The summed E-state index contributed by atoms with van der Waals surface area (Å²) in [6.45, 7) is 8.81. The summed E-state index contributed by atoms with van der Waals surface area (Å²) in [6, 6.07) is 6.53. The van der Waals surface area contributed by atoms with E-state index >= 15 is 0 Å². The summed E-state index contributed by atoms with van der Waals surface area (Å²) in [4.78, 5) is 15.8. The largest absolute Gasteiger partial charge is 0.383 e. The summed E-state index contributed by atoms with van der Waals surface area (Å²) in [7, 11) is -3.87. The van der Waals surface area contributed by atoms with E-state index in [2.05, 4.69) is 20.0 Å². The van der Waals surface area contributed by atoms with Crippen LogP contribution in [0, 0.1) is 13.8 Å². The Morgan fingerprint density at radius 2 is 1.86 bits per heavy atom. The molecule has 0 aliphatic carbocycles. The van der Waals surface area contributed by atoms with E-state index in [1.165, 1.54) is 6.07 Å². The summed E-state index contributed by atoms with van der Waals surface area (Å²) >= 11 is 0. The first-order valence-electron chi connectivity index (χ1n) is 8.83. The van der Waals surface area contributed by atoms with Crippen molar-refractivity contribution in [3.05, 3.63) is 41.9 Å². The number of nitrogens with two attached hydrogens (primary N) is 1. The molecule has 0 aliphatic rings. The molecule has 2 aromatic heterocycles. The molecule has 0 radical (unpaired) electrons. The normalized spacial score (nSPS) is 12.3. The van der Waals surface area contributed by atoms with Gasteiger partial charge in [-0.15, -0.1) is 0 Å². The summed E-state index contributed by atoms with van der Waals surface area (Å²) in [6.07, 6.45) is 1.57. The van der Waals surface area contributed by atoms with Gasteiger partial charge in [0.25, 0.3) is 15.9 Å². The van der Waals surface area contributed by atoms with Crippen molar-refractivity contribution in [3.8, 4) is 22.6 Å². The fourth-order valence-corrected chi connectivity index (χ4v) is 3.48. The lowest BCUT2D eigenvalue weighted by atomic mass is 10.0. The smallest absolute Gasteiger partial charge is 0.262 e. The van der Waals surface area contributed by atoms with Gasteiger partial charge in [-0.1, -0.05) is 16.1 Å². The van der Waals surface area contributed by atoms with Gasteiger partial charge >= 0.3 is 0 Å². The van der Waals surface area contributed by atoms with Gasteiger partial charge in [0.15, 0.2) is 5.82 Å². The molecule has 9 nitrogen and oxygen atoms in total. The molecule has 0 atom stereocenters. The van der Waals surface area contributed by atoms with Crippen molar-refractivity contribution in [2.75, 3.05) is 5.73 Å². The first-order valence-corrected chi connectivity index (χ1v) is 10.3. The number of sulfonamides is 1. The van der Waals surface area contributed by atoms with Gasteiger partial charge in [-0.2, -0.15) is 4.98 Å². The number of hydrogen-bond donors (Lipinski definition) is 2. The first-order chi connectivity index (χ1) is 13.5. The average Bonchev–Trinajstić information content (AvgIpc) is 3.06. The fraction of sp³-hybridized carbons (Fsp3) is 0.316. The van der Waals surface area contributed by atoms with E-state index in [1.807, 2.05) is 6.92 Å². The second kappa shape index (κ2) is 7.54. The lowest BCUT2D eigenvalue weighted by Crippen LogP contribution is -2.33. The number of nitrogen functional groups attached to an aromatic ring is 1. The number of nitrogens with one attached hydrogen (secondary N) is 1. The minimum Gasteiger partial charge on any atom is -0.383 e. The van der Waals surface area contributed by atoms with Gasteiger partial charge in [0.1, 0.15) is 5.82 Å². The van der Waals surface area contributed by atoms with Crippen molar-refractivity contribution < 1.29 is 17.8 Å². The molecule has 29 heavy (non-hydrogen) atoms. The molecular weight excluding hydrogens is 394 g/mol. The van der Waals surface area contributed by atoms with Crippen LogP contribution in [0.4, 0.5) is 5.82 Å². The Bertz CT molecular complexity index is 1150. The maximum absolute atomic E-state index is 12.6. The molecule has 1 aromatic carbocycles. The van der Waals surface area contributed by atoms with E-state index in [4.69, 9.17) is 15.1 Å². The van der Waals surface area contributed by atoms with Crippen molar-refractivity contribution in [2.45, 2.75) is 45.1 Å². The molecule has 0 aliphatic heterocycles. The van der Waals surface area contributed by atoms with E-state index in [0.717, 1.165) is 5.56 Å². The second-order valence-electron chi connectivity index (χ2n) is 7.58. The molecule has 0 spiro atoms. The van der Waals surface area contributed by atoms with Crippen molar-refractivity contribution >= 4 is 15.8 Å². The zero-order valence-corrected chi connectivity index (χ0v) is 17.7. The first kappa shape index (κ1) is 20.9. The topological polar surface area (TPSA) is 133 Å². The molecule has 0 saturated carbocycles. The molecule has 0 bridgehead atoms. The van der Waals surface area contributed by atoms with Crippen molar-refractivity contribution in [3.63, 3.8) is 0 Å². The number of nitrogens with zero attached hydrogens (tertiary/aromatic N) is 3. The van der Waals surface area contributed by atoms with Gasteiger partial charge in [-0.3, -0.25) is 4.84 Å². The van der Waals surface area contributed by atoms with Crippen LogP contribution >= 0.6 is 0 Å². The average molecular weight is 417 g/mol. The fourth-order valence-electron chi connectivity index (χ4n) is 2.51. The number of anilines is 1. The van der Waals surface area contributed by atoms with Crippen LogP contribution in [0.5, 0.6) is 0 Å². The van der Waals surface area contributed by atoms with E-state index in [9.17, 15) is 8.42 Å². The molecule has 0 fully saturated rings. The maximum atomic E-state index is 12.6. The van der Waals surface area contributed by atoms with Crippen molar-refractivity contribution in [1.29, 1.82) is 0 Å². The zero-order valence-electron chi connectivity index (χ0n) is 16.8. The molecule has 0 unspecified atom stereocenters. The number of rotatable bonds is 5. The summed E-state index contributed by atoms with van der Waals surface area (Å²) < 4.78 is 30.4. The number of aryl methyl sites for hydroxylation is 2. The van der Waals surface area contributed by atoms with E-state index < -0.39 is 15.6 Å². The quantitative estimate of drug-likeness (QED) is 0.605. The molecule has 3 aromatic rings. The molecule has 3 rings (SSSR count). The highest BCUT2D eigenvalue weighted by atomic mass is 32.2. The lowest BCUT2D eigenvalue weighted by molar-refractivity contribution is -0.0357. The van der Waals surface area contributed by atoms with Crippen LogP contribution in [0.3, 0.4) is 0 Å². The van der Waals surface area contributed by atoms with Gasteiger partial charge in [0.05, 0.1) is 16.1 Å². The van der Waals surface area contributed by atoms with Gasteiger partial charge in [0.2, 0.25) is 0 Å². The predicted molar refractivity (Wildman–Crippen MR) is 108 cm³/mol. The Balaban J connectivity index is 2.03. The zero-order chi connectivity index (χ0) is 21.4. The number of benzene rings is 1. The Hall–Kier alpha value is -2.82. The van der Waals surface area contributed by atoms with Crippen LogP contribution in [0.25, 0.3) is 22.6 Å². The molecule has 10 heteroatoms. The number of aromatic nitrogens is 3. The Kier molecular flexibility index (Phi) is 5.44. The van der Waals surface area contributed by atoms with E-state index in [1.54, 1.807) is 52.1 Å². The van der Waals surface area contributed by atoms with Crippen LogP contribution in [-0.2, 0) is 14.9 Å².